The zero-order valence-electron chi connectivity index (χ0n) is 11.1. The summed E-state index contributed by atoms with van der Waals surface area (Å²) in [5.74, 6) is -0.170. The van der Waals surface area contributed by atoms with Gasteiger partial charge in [-0.1, -0.05) is 46.3 Å². The van der Waals surface area contributed by atoms with E-state index in [4.69, 9.17) is 0 Å². The van der Waals surface area contributed by atoms with E-state index >= 15 is 0 Å². The van der Waals surface area contributed by atoms with Crippen molar-refractivity contribution in [1.82, 2.24) is 0 Å². The molecule has 102 valence electrons. The third-order valence-corrected chi connectivity index (χ3v) is 5.80. The van der Waals surface area contributed by atoms with Crippen LogP contribution >= 0.6 is 27.3 Å². The first kappa shape index (κ1) is 13.8. The zero-order valence-corrected chi connectivity index (χ0v) is 13.5. The van der Waals surface area contributed by atoms with E-state index in [9.17, 15) is 4.39 Å². The first-order valence-corrected chi connectivity index (χ1v) is 8.24. The van der Waals surface area contributed by atoms with Gasteiger partial charge in [0.15, 0.2) is 0 Å². The number of rotatable bonds is 3. The fourth-order valence-corrected chi connectivity index (χ4v) is 4.14. The second-order valence-electron chi connectivity index (χ2n) is 4.93. The van der Waals surface area contributed by atoms with E-state index in [0.29, 0.717) is 0 Å². The lowest BCUT2D eigenvalue weighted by Gasteiger charge is -2.09. The molecule has 3 rings (SSSR count). The molecule has 0 aliphatic carbocycles. The van der Waals surface area contributed by atoms with Gasteiger partial charge in [0, 0.05) is 9.58 Å². The summed E-state index contributed by atoms with van der Waals surface area (Å²) < 4.78 is 14.3. The van der Waals surface area contributed by atoms with Crippen LogP contribution in [0.15, 0.2) is 48.5 Å². The summed E-state index contributed by atoms with van der Waals surface area (Å²) in [6.07, 6.45) is 0.946. The first-order valence-electron chi connectivity index (χ1n) is 6.51. The van der Waals surface area contributed by atoms with E-state index < -0.39 is 0 Å². The third kappa shape index (κ3) is 2.79. The summed E-state index contributed by atoms with van der Waals surface area (Å²) in [5.41, 5.74) is 2.65. The van der Waals surface area contributed by atoms with E-state index in [-0.39, 0.29) is 10.6 Å². The summed E-state index contributed by atoms with van der Waals surface area (Å²) in [5, 5.41) is 1.11. The maximum Gasteiger partial charge on any atom is 0.124 e. The molecule has 0 nitrogen and oxygen atoms in total. The molecule has 0 aliphatic rings. The Bertz CT molecular complexity index is 748. The standard InChI is InChI=1S/C17H14BrFS/c1-11-4-2-3-5-12(11)8-15(18)17-9-13-6-7-14(19)10-16(13)20-17/h2-7,9-10,15H,8H2,1H3. The van der Waals surface area contributed by atoms with E-state index in [1.54, 1.807) is 17.4 Å². The number of alkyl halides is 1. The molecule has 3 heteroatoms. The Morgan fingerprint density at radius 3 is 2.75 bits per heavy atom. The SMILES string of the molecule is Cc1ccccc1CC(Br)c1cc2ccc(F)cc2s1. The van der Waals surface area contributed by atoms with E-state index in [0.717, 1.165) is 16.5 Å². The van der Waals surface area contributed by atoms with Crippen LogP contribution in [0.25, 0.3) is 10.1 Å². The molecule has 0 fully saturated rings. The van der Waals surface area contributed by atoms with E-state index in [2.05, 4.69) is 53.2 Å². The van der Waals surface area contributed by atoms with Crippen molar-refractivity contribution in [3.05, 3.63) is 70.4 Å². The van der Waals surface area contributed by atoms with Gasteiger partial charge in [-0.25, -0.2) is 4.39 Å². The summed E-state index contributed by atoms with van der Waals surface area (Å²) in [7, 11) is 0. The Labute approximate surface area is 130 Å². The molecule has 1 atom stereocenters. The molecular formula is C17H14BrFS. The van der Waals surface area contributed by atoms with Crippen LogP contribution in [0, 0.1) is 12.7 Å². The molecule has 20 heavy (non-hydrogen) atoms. The average molecular weight is 349 g/mol. The smallest absolute Gasteiger partial charge is 0.124 e. The minimum atomic E-state index is -0.170. The fraction of sp³-hybridized carbons (Fsp3) is 0.176. The van der Waals surface area contributed by atoms with Crippen LogP contribution in [0.3, 0.4) is 0 Å². The van der Waals surface area contributed by atoms with Gasteiger partial charge in [-0.2, -0.15) is 0 Å². The summed E-state index contributed by atoms with van der Waals surface area (Å²) >= 11 is 5.43. The number of hydrogen-bond donors (Lipinski definition) is 0. The maximum absolute atomic E-state index is 13.2. The Hall–Kier alpha value is -1.19. The second kappa shape index (κ2) is 5.66. The first-order chi connectivity index (χ1) is 9.63. The minimum absolute atomic E-state index is 0.170. The Morgan fingerprint density at radius 1 is 1.15 bits per heavy atom. The van der Waals surface area contributed by atoms with Gasteiger partial charge < -0.3 is 0 Å². The Balaban J connectivity index is 1.89. The molecule has 0 bridgehead atoms. The van der Waals surface area contributed by atoms with Crippen molar-refractivity contribution >= 4 is 37.4 Å². The van der Waals surface area contributed by atoms with Crippen LogP contribution in [0.5, 0.6) is 0 Å². The summed E-state index contributed by atoms with van der Waals surface area (Å²) in [6, 6.07) is 15.5. The highest BCUT2D eigenvalue weighted by molar-refractivity contribution is 9.09. The van der Waals surface area contributed by atoms with Crippen LogP contribution in [-0.4, -0.2) is 0 Å². The van der Waals surface area contributed by atoms with Crippen molar-refractivity contribution in [2.24, 2.45) is 0 Å². The zero-order chi connectivity index (χ0) is 14.1. The predicted octanol–water partition coefficient (Wildman–Crippen LogP) is 6.03. The van der Waals surface area contributed by atoms with Gasteiger partial charge in [0.25, 0.3) is 0 Å². The highest BCUT2D eigenvalue weighted by Crippen LogP contribution is 2.36. The number of thiophene rings is 1. The molecule has 0 amide bonds. The largest absolute Gasteiger partial charge is 0.207 e. The Morgan fingerprint density at radius 2 is 1.95 bits per heavy atom. The highest BCUT2D eigenvalue weighted by atomic mass is 79.9. The number of aryl methyl sites for hydroxylation is 1. The molecule has 0 radical (unpaired) electrons. The molecule has 0 N–H and O–H groups in total. The maximum atomic E-state index is 13.2. The minimum Gasteiger partial charge on any atom is -0.207 e. The van der Waals surface area contributed by atoms with Gasteiger partial charge in [0.05, 0.1) is 4.83 Å². The fourth-order valence-electron chi connectivity index (χ4n) is 2.31. The average Bonchev–Trinajstić information content (AvgIpc) is 2.84. The molecule has 0 saturated carbocycles. The van der Waals surface area contributed by atoms with Crippen molar-refractivity contribution in [3.63, 3.8) is 0 Å². The monoisotopic (exact) mass is 348 g/mol. The van der Waals surface area contributed by atoms with Crippen LogP contribution < -0.4 is 0 Å². The van der Waals surface area contributed by atoms with Crippen LogP contribution in [0.4, 0.5) is 4.39 Å². The van der Waals surface area contributed by atoms with Gasteiger partial charge in [-0.05, 0) is 48.1 Å². The second-order valence-corrected chi connectivity index (χ2v) is 7.15. The lowest BCUT2D eigenvalue weighted by Crippen LogP contribution is -1.95. The molecule has 3 aromatic rings. The van der Waals surface area contributed by atoms with Crippen LogP contribution in [-0.2, 0) is 6.42 Å². The molecule has 1 aromatic heterocycles. The number of hydrogen-bond acceptors (Lipinski definition) is 1. The van der Waals surface area contributed by atoms with Gasteiger partial charge in [0.2, 0.25) is 0 Å². The Kier molecular flexibility index (Phi) is 3.90. The third-order valence-electron chi connectivity index (χ3n) is 3.47. The summed E-state index contributed by atoms with van der Waals surface area (Å²) in [6.45, 7) is 2.13. The van der Waals surface area contributed by atoms with Crippen molar-refractivity contribution in [2.45, 2.75) is 18.2 Å². The number of halogens is 2. The van der Waals surface area contributed by atoms with Crippen molar-refractivity contribution in [3.8, 4) is 0 Å². The van der Waals surface area contributed by atoms with E-state index in [1.165, 1.54) is 22.1 Å². The molecular weight excluding hydrogens is 335 g/mol. The number of benzene rings is 2. The predicted molar refractivity (Wildman–Crippen MR) is 88.3 cm³/mol. The van der Waals surface area contributed by atoms with Gasteiger partial charge in [-0.3, -0.25) is 0 Å². The quantitative estimate of drug-likeness (QED) is 0.507. The van der Waals surface area contributed by atoms with Gasteiger partial charge >= 0.3 is 0 Å². The van der Waals surface area contributed by atoms with Crippen molar-refractivity contribution < 1.29 is 4.39 Å². The topological polar surface area (TPSA) is 0 Å². The molecule has 0 spiro atoms. The van der Waals surface area contributed by atoms with Crippen LogP contribution in [0.2, 0.25) is 0 Å². The van der Waals surface area contributed by atoms with Crippen molar-refractivity contribution in [2.75, 3.05) is 0 Å². The molecule has 1 unspecified atom stereocenters. The van der Waals surface area contributed by atoms with Gasteiger partial charge in [0.1, 0.15) is 5.82 Å². The molecule has 2 aromatic carbocycles. The highest BCUT2D eigenvalue weighted by Gasteiger charge is 2.13. The molecule has 0 saturated heterocycles. The summed E-state index contributed by atoms with van der Waals surface area (Å²) in [4.78, 5) is 1.51. The molecule has 0 aliphatic heterocycles. The van der Waals surface area contributed by atoms with Gasteiger partial charge in [-0.15, -0.1) is 11.3 Å². The molecule has 1 heterocycles. The normalized spacial score (nSPS) is 12.8. The van der Waals surface area contributed by atoms with E-state index in [1.807, 2.05) is 6.07 Å². The number of fused-ring (bicyclic) bond motifs is 1. The lowest BCUT2D eigenvalue weighted by atomic mass is 10.0. The van der Waals surface area contributed by atoms with Crippen LogP contribution in [0.1, 0.15) is 20.8 Å². The van der Waals surface area contributed by atoms with Crippen molar-refractivity contribution in [1.29, 1.82) is 0 Å². The lowest BCUT2D eigenvalue weighted by molar-refractivity contribution is 0.630.